The van der Waals surface area contributed by atoms with Crippen LogP contribution in [0.25, 0.3) is 6.08 Å². The molecule has 1 N–H and O–H groups in total. The Labute approximate surface area is 84.0 Å². The minimum Gasteiger partial charge on any atom is -0.313 e. The van der Waals surface area contributed by atoms with Crippen molar-refractivity contribution in [3.8, 4) is 0 Å². The van der Waals surface area contributed by atoms with Gasteiger partial charge in [-0.2, -0.15) is 5.10 Å². The van der Waals surface area contributed by atoms with Crippen LogP contribution in [0.4, 0.5) is 0 Å². The summed E-state index contributed by atoms with van der Waals surface area (Å²) < 4.78 is 1.96. The Balaban J connectivity index is 2.14. The molecule has 2 heterocycles. The minimum atomic E-state index is 0.951. The summed E-state index contributed by atoms with van der Waals surface area (Å²) in [5.41, 5.74) is 1.43. The van der Waals surface area contributed by atoms with Crippen molar-refractivity contribution in [3.05, 3.63) is 17.7 Å². The Morgan fingerprint density at radius 2 is 2.57 bits per heavy atom. The molecule has 1 aliphatic heterocycles. The molecule has 0 radical (unpaired) electrons. The summed E-state index contributed by atoms with van der Waals surface area (Å²) >= 11 is 0. The van der Waals surface area contributed by atoms with E-state index in [2.05, 4.69) is 28.4 Å². The van der Waals surface area contributed by atoms with Gasteiger partial charge in [-0.25, -0.2) is 9.67 Å². The maximum atomic E-state index is 4.25. The third-order valence-corrected chi connectivity index (χ3v) is 2.39. The van der Waals surface area contributed by atoms with Crippen molar-refractivity contribution >= 4 is 6.08 Å². The number of hydrogen-bond donors (Lipinski definition) is 1. The van der Waals surface area contributed by atoms with Gasteiger partial charge in [0, 0.05) is 13.1 Å². The molecule has 76 valence electrons. The number of aromatic nitrogens is 3. The van der Waals surface area contributed by atoms with Crippen LogP contribution in [0.3, 0.4) is 0 Å². The first kappa shape index (κ1) is 9.40. The van der Waals surface area contributed by atoms with Crippen LogP contribution in [0.2, 0.25) is 0 Å². The highest BCUT2D eigenvalue weighted by atomic mass is 15.3. The molecule has 1 fully saturated rings. The molecule has 1 aromatic rings. The standard InChI is InChI=1S/C10H16N4/c1-2-5-14-10(12-8-13-14)6-9-3-4-11-7-9/h6,8,11H,2-5,7H2,1H3. The Morgan fingerprint density at radius 3 is 3.29 bits per heavy atom. The Hall–Kier alpha value is -1.16. The van der Waals surface area contributed by atoms with Crippen LogP contribution >= 0.6 is 0 Å². The summed E-state index contributed by atoms with van der Waals surface area (Å²) in [7, 11) is 0. The van der Waals surface area contributed by atoms with Gasteiger partial charge < -0.3 is 5.32 Å². The van der Waals surface area contributed by atoms with Crippen molar-refractivity contribution in [2.45, 2.75) is 26.3 Å². The highest BCUT2D eigenvalue weighted by Crippen LogP contribution is 2.10. The van der Waals surface area contributed by atoms with E-state index in [1.807, 2.05) is 4.68 Å². The summed E-state index contributed by atoms with van der Waals surface area (Å²) in [4.78, 5) is 4.25. The van der Waals surface area contributed by atoms with Crippen LogP contribution in [-0.4, -0.2) is 27.9 Å². The van der Waals surface area contributed by atoms with Gasteiger partial charge in [0.25, 0.3) is 0 Å². The fourth-order valence-corrected chi connectivity index (χ4v) is 1.66. The lowest BCUT2D eigenvalue weighted by Crippen LogP contribution is -2.05. The number of nitrogens with zero attached hydrogens (tertiary/aromatic N) is 3. The van der Waals surface area contributed by atoms with Gasteiger partial charge in [-0.05, 0) is 25.5 Å². The first-order chi connectivity index (χ1) is 6.90. The van der Waals surface area contributed by atoms with Gasteiger partial charge in [-0.15, -0.1) is 0 Å². The number of hydrogen-bond acceptors (Lipinski definition) is 3. The highest BCUT2D eigenvalue weighted by molar-refractivity contribution is 5.46. The molecule has 4 heteroatoms. The number of aryl methyl sites for hydroxylation is 1. The molecular weight excluding hydrogens is 176 g/mol. The van der Waals surface area contributed by atoms with E-state index in [1.165, 1.54) is 5.57 Å². The zero-order valence-electron chi connectivity index (χ0n) is 8.53. The van der Waals surface area contributed by atoms with Crippen LogP contribution in [0.15, 0.2) is 11.9 Å². The predicted molar refractivity (Wildman–Crippen MR) is 55.8 cm³/mol. The van der Waals surface area contributed by atoms with Crippen LogP contribution in [0, 0.1) is 0 Å². The van der Waals surface area contributed by atoms with Crippen LogP contribution < -0.4 is 5.32 Å². The molecule has 0 atom stereocenters. The molecule has 0 bridgehead atoms. The second-order valence-corrected chi connectivity index (χ2v) is 3.57. The van der Waals surface area contributed by atoms with Gasteiger partial charge in [0.15, 0.2) is 5.82 Å². The lowest BCUT2D eigenvalue weighted by Gasteiger charge is -2.00. The summed E-state index contributed by atoms with van der Waals surface area (Å²) in [5.74, 6) is 0.991. The van der Waals surface area contributed by atoms with Crippen molar-refractivity contribution in [2.75, 3.05) is 13.1 Å². The predicted octanol–water partition coefficient (Wildman–Crippen LogP) is 1.06. The molecule has 0 aromatic carbocycles. The van der Waals surface area contributed by atoms with Crippen molar-refractivity contribution < 1.29 is 0 Å². The Kier molecular flexibility index (Phi) is 2.93. The average molecular weight is 192 g/mol. The molecule has 0 aliphatic carbocycles. The molecule has 14 heavy (non-hydrogen) atoms. The smallest absolute Gasteiger partial charge is 0.150 e. The summed E-state index contributed by atoms with van der Waals surface area (Å²) in [6.45, 7) is 5.19. The summed E-state index contributed by atoms with van der Waals surface area (Å²) in [5, 5.41) is 7.50. The van der Waals surface area contributed by atoms with Crippen molar-refractivity contribution in [1.82, 2.24) is 20.1 Å². The maximum absolute atomic E-state index is 4.25. The number of nitrogens with one attached hydrogen (secondary N) is 1. The monoisotopic (exact) mass is 192 g/mol. The second kappa shape index (κ2) is 4.37. The average Bonchev–Trinajstić information content (AvgIpc) is 2.80. The first-order valence-electron chi connectivity index (χ1n) is 5.18. The van der Waals surface area contributed by atoms with Gasteiger partial charge in [-0.1, -0.05) is 12.5 Å². The largest absolute Gasteiger partial charge is 0.313 e. The lowest BCUT2D eigenvalue weighted by atomic mass is 10.2. The Bertz CT molecular complexity index is 319. The van der Waals surface area contributed by atoms with Crippen LogP contribution in [0.1, 0.15) is 25.6 Å². The third-order valence-electron chi connectivity index (χ3n) is 2.39. The Morgan fingerprint density at radius 1 is 1.64 bits per heavy atom. The van der Waals surface area contributed by atoms with E-state index in [0.717, 1.165) is 38.3 Å². The molecular formula is C10H16N4. The molecule has 4 nitrogen and oxygen atoms in total. The zero-order chi connectivity index (χ0) is 9.80. The SMILES string of the molecule is CCCn1ncnc1C=C1CCNC1. The number of rotatable bonds is 3. The van der Waals surface area contributed by atoms with Crippen molar-refractivity contribution in [1.29, 1.82) is 0 Å². The first-order valence-corrected chi connectivity index (χ1v) is 5.18. The van der Waals surface area contributed by atoms with Crippen molar-refractivity contribution in [2.24, 2.45) is 0 Å². The third kappa shape index (κ3) is 2.01. The topological polar surface area (TPSA) is 42.7 Å². The van der Waals surface area contributed by atoms with Crippen LogP contribution in [0.5, 0.6) is 0 Å². The van der Waals surface area contributed by atoms with E-state index in [4.69, 9.17) is 0 Å². The normalized spacial score (nSPS) is 19.4. The van der Waals surface area contributed by atoms with Crippen LogP contribution in [-0.2, 0) is 6.54 Å². The highest BCUT2D eigenvalue weighted by Gasteiger charge is 2.07. The molecule has 1 aromatic heterocycles. The molecule has 0 spiro atoms. The fourth-order valence-electron chi connectivity index (χ4n) is 1.66. The quantitative estimate of drug-likeness (QED) is 0.778. The molecule has 0 saturated carbocycles. The van der Waals surface area contributed by atoms with E-state index >= 15 is 0 Å². The molecule has 1 aliphatic rings. The van der Waals surface area contributed by atoms with Gasteiger partial charge in [0.1, 0.15) is 6.33 Å². The van der Waals surface area contributed by atoms with E-state index in [-0.39, 0.29) is 0 Å². The van der Waals surface area contributed by atoms with E-state index < -0.39 is 0 Å². The molecule has 0 amide bonds. The van der Waals surface area contributed by atoms with E-state index in [0.29, 0.717) is 0 Å². The lowest BCUT2D eigenvalue weighted by molar-refractivity contribution is 0.595. The molecule has 1 saturated heterocycles. The van der Waals surface area contributed by atoms with E-state index in [1.54, 1.807) is 6.33 Å². The zero-order valence-corrected chi connectivity index (χ0v) is 8.53. The van der Waals surface area contributed by atoms with Gasteiger partial charge in [-0.3, -0.25) is 0 Å². The van der Waals surface area contributed by atoms with E-state index in [9.17, 15) is 0 Å². The molecule has 2 rings (SSSR count). The van der Waals surface area contributed by atoms with Crippen molar-refractivity contribution in [3.63, 3.8) is 0 Å². The minimum absolute atomic E-state index is 0.951. The fraction of sp³-hybridized carbons (Fsp3) is 0.600. The summed E-state index contributed by atoms with van der Waals surface area (Å²) in [6.07, 6.45) is 6.02. The van der Waals surface area contributed by atoms with Gasteiger partial charge >= 0.3 is 0 Å². The second-order valence-electron chi connectivity index (χ2n) is 3.57. The molecule has 0 unspecified atom stereocenters. The van der Waals surface area contributed by atoms with Gasteiger partial charge in [0.05, 0.1) is 0 Å². The summed E-state index contributed by atoms with van der Waals surface area (Å²) in [6, 6.07) is 0. The maximum Gasteiger partial charge on any atom is 0.150 e. The van der Waals surface area contributed by atoms with Gasteiger partial charge in [0.2, 0.25) is 0 Å².